The summed E-state index contributed by atoms with van der Waals surface area (Å²) in [6.07, 6.45) is 0.686. The minimum atomic E-state index is -0.218. The number of rotatable bonds is 7. The molecule has 1 fully saturated rings. The zero-order valence-corrected chi connectivity index (χ0v) is 14.2. The molecule has 0 unspecified atom stereocenters. The van der Waals surface area contributed by atoms with E-state index in [1.165, 1.54) is 0 Å². The van der Waals surface area contributed by atoms with Crippen LogP contribution in [0.15, 0.2) is 24.3 Å². The van der Waals surface area contributed by atoms with Gasteiger partial charge in [0.15, 0.2) is 0 Å². The van der Waals surface area contributed by atoms with Crippen molar-refractivity contribution in [3.8, 4) is 5.75 Å². The molecule has 0 aromatic heterocycles. The summed E-state index contributed by atoms with van der Waals surface area (Å²) in [5.41, 5.74) is 0.611. The van der Waals surface area contributed by atoms with Gasteiger partial charge in [-0.05, 0) is 25.5 Å². The quantitative estimate of drug-likeness (QED) is 0.743. The highest BCUT2D eigenvalue weighted by molar-refractivity contribution is 5.92. The van der Waals surface area contributed by atoms with Crippen molar-refractivity contribution in [2.45, 2.75) is 13.3 Å². The zero-order chi connectivity index (χ0) is 17.4. The largest absolute Gasteiger partial charge is 0.489 e. The van der Waals surface area contributed by atoms with Gasteiger partial charge in [0.1, 0.15) is 12.4 Å². The fourth-order valence-corrected chi connectivity index (χ4v) is 2.60. The van der Waals surface area contributed by atoms with E-state index in [9.17, 15) is 9.59 Å². The molecule has 7 nitrogen and oxygen atoms in total. The number of hydrogen-bond acceptors (Lipinski definition) is 4. The Balaban J connectivity index is 1.92. The topological polar surface area (TPSA) is 79.9 Å². The van der Waals surface area contributed by atoms with Crippen LogP contribution in [0.3, 0.4) is 0 Å². The molecule has 0 bridgehead atoms. The summed E-state index contributed by atoms with van der Waals surface area (Å²) in [5.74, 6) is 0.474. The number of nitrogens with zero attached hydrogens (tertiary/aromatic N) is 1. The summed E-state index contributed by atoms with van der Waals surface area (Å²) < 4.78 is 10.6. The minimum Gasteiger partial charge on any atom is -0.489 e. The second-order valence-electron chi connectivity index (χ2n) is 5.59. The second-order valence-corrected chi connectivity index (χ2v) is 5.59. The lowest BCUT2D eigenvalue weighted by Gasteiger charge is -2.19. The van der Waals surface area contributed by atoms with E-state index < -0.39 is 0 Å². The number of carbonyl (C=O) groups is 2. The van der Waals surface area contributed by atoms with Gasteiger partial charge >= 0.3 is 6.03 Å². The van der Waals surface area contributed by atoms with Crippen LogP contribution in [0, 0.1) is 5.92 Å². The van der Waals surface area contributed by atoms with E-state index in [0.29, 0.717) is 50.7 Å². The summed E-state index contributed by atoms with van der Waals surface area (Å²) >= 11 is 0. The lowest BCUT2D eigenvalue weighted by molar-refractivity contribution is -0.124. The molecule has 7 heteroatoms. The SMILES string of the molecule is CCNC(=O)[C@H]1CCN(C(=O)Nc2ccccc2OCCOC)C1. The summed E-state index contributed by atoms with van der Waals surface area (Å²) in [4.78, 5) is 26.0. The van der Waals surface area contributed by atoms with Crippen LogP contribution >= 0.6 is 0 Å². The van der Waals surface area contributed by atoms with Crippen LogP contribution in [0.1, 0.15) is 13.3 Å². The highest BCUT2D eigenvalue weighted by Gasteiger charge is 2.31. The Labute approximate surface area is 142 Å². The van der Waals surface area contributed by atoms with E-state index in [4.69, 9.17) is 9.47 Å². The van der Waals surface area contributed by atoms with E-state index in [1.807, 2.05) is 19.1 Å². The monoisotopic (exact) mass is 335 g/mol. The summed E-state index contributed by atoms with van der Waals surface area (Å²) in [6, 6.07) is 7.05. The van der Waals surface area contributed by atoms with Crippen LogP contribution < -0.4 is 15.4 Å². The molecule has 1 saturated heterocycles. The van der Waals surface area contributed by atoms with Gasteiger partial charge in [-0.1, -0.05) is 12.1 Å². The Hall–Kier alpha value is -2.28. The molecule has 1 aliphatic heterocycles. The Morgan fingerprint density at radius 3 is 2.83 bits per heavy atom. The summed E-state index contributed by atoms with van der Waals surface area (Å²) in [6.45, 7) is 4.38. The molecule has 1 aromatic carbocycles. The molecular formula is C17H25N3O4. The van der Waals surface area contributed by atoms with Gasteiger partial charge in [0, 0.05) is 26.7 Å². The number of benzene rings is 1. The first-order valence-electron chi connectivity index (χ1n) is 8.20. The van der Waals surface area contributed by atoms with Gasteiger partial charge in [0.25, 0.3) is 0 Å². The maximum absolute atomic E-state index is 12.4. The summed E-state index contributed by atoms with van der Waals surface area (Å²) in [7, 11) is 1.61. The number of methoxy groups -OCH3 is 1. The van der Waals surface area contributed by atoms with Crippen LogP contribution in [-0.4, -0.2) is 56.8 Å². The highest BCUT2D eigenvalue weighted by Crippen LogP contribution is 2.25. The Bertz CT molecular complexity index is 565. The number of amides is 3. The van der Waals surface area contributed by atoms with Crippen molar-refractivity contribution in [1.29, 1.82) is 0 Å². The number of carbonyl (C=O) groups excluding carboxylic acids is 2. The first kappa shape index (κ1) is 18.1. The van der Waals surface area contributed by atoms with E-state index in [-0.39, 0.29) is 17.9 Å². The predicted molar refractivity (Wildman–Crippen MR) is 91.2 cm³/mol. The van der Waals surface area contributed by atoms with Crippen molar-refractivity contribution in [3.05, 3.63) is 24.3 Å². The molecule has 2 N–H and O–H groups in total. The smallest absolute Gasteiger partial charge is 0.321 e. The highest BCUT2D eigenvalue weighted by atomic mass is 16.5. The molecule has 132 valence electrons. The fourth-order valence-electron chi connectivity index (χ4n) is 2.60. The predicted octanol–water partition coefficient (Wildman–Crippen LogP) is 1.70. The Morgan fingerprint density at radius 2 is 2.08 bits per heavy atom. The average Bonchev–Trinajstić information content (AvgIpc) is 3.07. The van der Waals surface area contributed by atoms with Gasteiger partial charge < -0.3 is 25.0 Å². The third-order valence-electron chi connectivity index (χ3n) is 3.87. The lowest BCUT2D eigenvalue weighted by Crippen LogP contribution is -2.36. The standard InChI is InChI=1S/C17H25N3O4/c1-3-18-16(21)13-8-9-20(12-13)17(22)19-14-6-4-5-7-15(14)24-11-10-23-2/h4-7,13H,3,8-12H2,1-2H3,(H,18,21)(H,19,22)/t13-/m0/s1. The molecule has 0 aliphatic carbocycles. The van der Waals surface area contributed by atoms with Crippen molar-refractivity contribution >= 4 is 17.6 Å². The van der Waals surface area contributed by atoms with E-state index in [2.05, 4.69) is 10.6 Å². The molecule has 1 heterocycles. The number of nitrogens with one attached hydrogen (secondary N) is 2. The minimum absolute atomic E-state index is 0.0103. The number of anilines is 1. The molecule has 0 spiro atoms. The van der Waals surface area contributed by atoms with Crippen LogP contribution in [-0.2, 0) is 9.53 Å². The first-order chi connectivity index (χ1) is 11.7. The molecule has 0 saturated carbocycles. The van der Waals surface area contributed by atoms with E-state index in [0.717, 1.165) is 0 Å². The van der Waals surface area contributed by atoms with Crippen LogP contribution in [0.4, 0.5) is 10.5 Å². The normalized spacial score (nSPS) is 16.8. The maximum atomic E-state index is 12.4. The first-order valence-corrected chi connectivity index (χ1v) is 8.20. The van der Waals surface area contributed by atoms with Gasteiger partial charge in [-0.2, -0.15) is 0 Å². The third kappa shape index (κ3) is 4.86. The van der Waals surface area contributed by atoms with Crippen molar-refractivity contribution < 1.29 is 19.1 Å². The molecule has 1 aliphatic rings. The molecule has 0 radical (unpaired) electrons. The van der Waals surface area contributed by atoms with Crippen LogP contribution in [0.2, 0.25) is 0 Å². The van der Waals surface area contributed by atoms with Crippen molar-refractivity contribution in [2.75, 3.05) is 45.3 Å². The fraction of sp³-hybridized carbons (Fsp3) is 0.529. The van der Waals surface area contributed by atoms with E-state index in [1.54, 1.807) is 24.1 Å². The van der Waals surface area contributed by atoms with Crippen molar-refractivity contribution in [2.24, 2.45) is 5.92 Å². The molecule has 3 amide bonds. The number of para-hydroxylation sites is 2. The van der Waals surface area contributed by atoms with Gasteiger partial charge in [0.05, 0.1) is 18.2 Å². The number of hydrogen-bond donors (Lipinski definition) is 2. The van der Waals surface area contributed by atoms with Crippen molar-refractivity contribution in [3.63, 3.8) is 0 Å². The van der Waals surface area contributed by atoms with Gasteiger partial charge in [-0.3, -0.25) is 4.79 Å². The molecule has 1 atom stereocenters. The number of urea groups is 1. The van der Waals surface area contributed by atoms with Gasteiger partial charge in [-0.25, -0.2) is 4.79 Å². The zero-order valence-electron chi connectivity index (χ0n) is 14.2. The number of likely N-dealkylation sites (tertiary alicyclic amines) is 1. The average molecular weight is 335 g/mol. The molecule has 1 aromatic rings. The Kier molecular flexibility index (Phi) is 6.87. The van der Waals surface area contributed by atoms with Crippen LogP contribution in [0.5, 0.6) is 5.75 Å². The van der Waals surface area contributed by atoms with Gasteiger partial charge in [-0.15, -0.1) is 0 Å². The lowest BCUT2D eigenvalue weighted by atomic mass is 10.1. The van der Waals surface area contributed by atoms with Crippen LogP contribution in [0.25, 0.3) is 0 Å². The third-order valence-corrected chi connectivity index (χ3v) is 3.87. The summed E-state index contributed by atoms with van der Waals surface area (Å²) in [5, 5.41) is 5.67. The Morgan fingerprint density at radius 1 is 1.29 bits per heavy atom. The molecule has 2 rings (SSSR count). The maximum Gasteiger partial charge on any atom is 0.321 e. The second kappa shape index (κ2) is 9.12. The van der Waals surface area contributed by atoms with Crippen molar-refractivity contribution in [1.82, 2.24) is 10.2 Å². The van der Waals surface area contributed by atoms with E-state index >= 15 is 0 Å². The number of ether oxygens (including phenoxy) is 2. The van der Waals surface area contributed by atoms with Gasteiger partial charge in [0.2, 0.25) is 5.91 Å². The molecular weight excluding hydrogens is 310 g/mol. The molecule has 24 heavy (non-hydrogen) atoms.